The van der Waals surface area contributed by atoms with Gasteiger partial charge in [-0.05, 0) is 46.6 Å². The second-order valence-corrected chi connectivity index (χ2v) is 8.00. The average Bonchev–Trinajstić information content (AvgIpc) is 2.28. The molecule has 0 bridgehead atoms. The molecule has 0 aromatic carbocycles. The molecule has 0 aromatic heterocycles. The summed E-state index contributed by atoms with van der Waals surface area (Å²) in [6.45, 7) is 6.89. The average molecular weight is 328 g/mol. The van der Waals surface area contributed by atoms with Gasteiger partial charge in [0.25, 0.3) is 0 Å². The second kappa shape index (κ2) is 6.28. The molecule has 23 heavy (non-hydrogen) atoms. The van der Waals surface area contributed by atoms with Crippen LogP contribution in [0.2, 0.25) is 0 Å². The number of nitrogens with zero attached hydrogens (tertiary/aromatic N) is 2. The summed E-state index contributed by atoms with van der Waals surface area (Å²) < 4.78 is 5.34. The van der Waals surface area contributed by atoms with E-state index in [0.29, 0.717) is 19.0 Å². The minimum absolute atomic E-state index is 0.00191. The van der Waals surface area contributed by atoms with Gasteiger partial charge in [0.2, 0.25) is 0 Å². The number of amides is 1. The maximum absolute atomic E-state index is 12.1. The highest BCUT2D eigenvalue weighted by molar-refractivity contribution is 5.73. The van der Waals surface area contributed by atoms with Crippen molar-refractivity contribution in [1.82, 2.24) is 9.80 Å². The Hall–Kier alpha value is -1.34. The molecule has 2 aliphatic rings. The Bertz CT molecular complexity index is 462. The van der Waals surface area contributed by atoms with Crippen molar-refractivity contribution < 1.29 is 24.5 Å². The Morgan fingerprint density at radius 1 is 1.30 bits per heavy atom. The van der Waals surface area contributed by atoms with Gasteiger partial charge >= 0.3 is 12.1 Å². The quantitative estimate of drug-likeness (QED) is 0.787. The molecule has 0 atom stereocenters. The van der Waals surface area contributed by atoms with E-state index in [9.17, 15) is 19.8 Å². The number of carbonyl (C=O) groups excluding carboxylic acids is 1. The number of likely N-dealkylation sites (N-methyl/N-ethyl adjacent to an activating group) is 1. The third-order valence-electron chi connectivity index (χ3n) is 4.65. The van der Waals surface area contributed by atoms with Crippen molar-refractivity contribution in [2.45, 2.75) is 57.3 Å². The fraction of sp³-hybridized carbons (Fsp3) is 0.875. The van der Waals surface area contributed by atoms with Gasteiger partial charge in [-0.1, -0.05) is 0 Å². The first-order valence-corrected chi connectivity index (χ1v) is 8.10. The SMILES string of the molecule is CN(CC1CC(O)C1)C1(CC(=O)O)CN(C(=O)OC(C)(C)C)C1. The van der Waals surface area contributed by atoms with Crippen LogP contribution in [0.4, 0.5) is 4.79 Å². The Balaban J connectivity index is 1.94. The zero-order chi connectivity index (χ0) is 17.4. The van der Waals surface area contributed by atoms with Crippen LogP contribution in [-0.2, 0) is 9.53 Å². The molecule has 132 valence electrons. The van der Waals surface area contributed by atoms with E-state index < -0.39 is 23.2 Å². The van der Waals surface area contributed by atoms with Gasteiger partial charge < -0.3 is 19.8 Å². The van der Waals surface area contributed by atoms with Crippen LogP contribution < -0.4 is 0 Å². The van der Waals surface area contributed by atoms with E-state index in [2.05, 4.69) is 0 Å². The van der Waals surface area contributed by atoms with Crippen LogP contribution in [0.3, 0.4) is 0 Å². The summed E-state index contributed by atoms with van der Waals surface area (Å²) in [4.78, 5) is 26.9. The third kappa shape index (κ3) is 4.35. The van der Waals surface area contributed by atoms with Gasteiger partial charge in [-0.2, -0.15) is 0 Å². The molecule has 0 unspecified atom stereocenters. The van der Waals surface area contributed by atoms with E-state index in [-0.39, 0.29) is 12.5 Å². The number of aliphatic hydroxyl groups is 1. The molecule has 7 heteroatoms. The molecule has 1 aliphatic carbocycles. The molecular formula is C16H28N2O5. The largest absolute Gasteiger partial charge is 0.481 e. The van der Waals surface area contributed by atoms with Crippen molar-refractivity contribution in [3.8, 4) is 0 Å². The van der Waals surface area contributed by atoms with Crippen LogP contribution in [0.5, 0.6) is 0 Å². The highest BCUT2D eigenvalue weighted by Crippen LogP contribution is 2.35. The van der Waals surface area contributed by atoms with Crippen molar-refractivity contribution >= 4 is 12.1 Å². The molecule has 2 fully saturated rings. The summed E-state index contributed by atoms with van der Waals surface area (Å²) in [5, 5.41) is 18.6. The minimum atomic E-state index is -0.866. The summed E-state index contributed by atoms with van der Waals surface area (Å²) in [6, 6.07) is 0. The van der Waals surface area contributed by atoms with Crippen molar-refractivity contribution in [1.29, 1.82) is 0 Å². The van der Waals surface area contributed by atoms with Crippen LogP contribution in [0, 0.1) is 5.92 Å². The fourth-order valence-electron chi connectivity index (χ4n) is 3.32. The zero-order valence-electron chi connectivity index (χ0n) is 14.4. The van der Waals surface area contributed by atoms with Crippen molar-refractivity contribution in [2.24, 2.45) is 5.92 Å². The summed E-state index contributed by atoms with van der Waals surface area (Å²) in [7, 11) is 1.90. The van der Waals surface area contributed by atoms with Crippen molar-refractivity contribution in [2.75, 3.05) is 26.7 Å². The van der Waals surface area contributed by atoms with Crippen LogP contribution in [0.15, 0.2) is 0 Å². The first kappa shape index (κ1) is 18.0. The highest BCUT2D eigenvalue weighted by atomic mass is 16.6. The second-order valence-electron chi connectivity index (χ2n) is 8.00. The predicted octanol–water partition coefficient (Wildman–Crippen LogP) is 1.15. The first-order chi connectivity index (χ1) is 10.5. The lowest BCUT2D eigenvalue weighted by molar-refractivity contribution is -0.146. The number of ether oxygens (including phenoxy) is 1. The normalized spacial score (nSPS) is 26.4. The van der Waals surface area contributed by atoms with Crippen molar-refractivity contribution in [3.63, 3.8) is 0 Å². The van der Waals surface area contributed by atoms with E-state index in [1.807, 2.05) is 32.7 Å². The summed E-state index contributed by atoms with van der Waals surface area (Å²) in [5.41, 5.74) is -1.10. The summed E-state index contributed by atoms with van der Waals surface area (Å²) >= 11 is 0. The van der Waals surface area contributed by atoms with E-state index >= 15 is 0 Å². The molecule has 0 radical (unpaired) electrons. The first-order valence-electron chi connectivity index (χ1n) is 8.10. The van der Waals surface area contributed by atoms with Crippen LogP contribution in [0.1, 0.15) is 40.0 Å². The van der Waals surface area contributed by atoms with Gasteiger partial charge in [0, 0.05) is 19.6 Å². The maximum atomic E-state index is 12.1. The molecule has 1 amide bonds. The van der Waals surface area contributed by atoms with Crippen LogP contribution >= 0.6 is 0 Å². The molecule has 2 rings (SSSR count). The molecule has 1 aliphatic heterocycles. The Morgan fingerprint density at radius 2 is 1.87 bits per heavy atom. The number of aliphatic carboxylic acids is 1. The Labute approximate surface area is 137 Å². The smallest absolute Gasteiger partial charge is 0.410 e. The number of hydrogen-bond donors (Lipinski definition) is 2. The molecule has 1 saturated heterocycles. The Morgan fingerprint density at radius 3 is 2.30 bits per heavy atom. The summed E-state index contributed by atoms with van der Waals surface area (Å²) in [6.07, 6.45) is 0.916. The molecule has 2 N–H and O–H groups in total. The van der Waals surface area contributed by atoms with Gasteiger partial charge in [-0.3, -0.25) is 9.69 Å². The van der Waals surface area contributed by atoms with E-state index in [0.717, 1.165) is 19.4 Å². The standard InChI is InChI=1S/C16H28N2O5/c1-15(2,3)23-14(22)18-9-16(10-18,7-13(20)21)17(4)8-11-5-12(19)6-11/h11-12,19H,5-10H2,1-4H3,(H,20,21). The van der Waals surface area contributed by atoms with E-state index in [1.54, 1.807) is 4.90 Å². The van der Waals surface area contributed by atoms with E-state index in [4.69, 9.17) is 4.74 Å². The minimum Gasteiger partial charge on any atom is -0.481 e. The number of rotatable bonds is 5. The highest BCUT2D eigenvalue weighted by Gasteiger charge is 2.51. The summed E-state index contributed by atoms with van der Waals surface area (Å²) in [5.74, 6) is -0.467. The zero-order valence-corrected chi connectivity index (χ0v) is 14.4. The molecule has 0 aromatic rings. The predicted molar refractivity (Wildman–Crippen MR) is 84.2 cm³/mol. The number of carbonyl (C=O) groups is 2. The van der Waals surface area contributed by atoms with Crippen LogP contribution in [-0.4, -0.2) is 76.0 Å². The lowest BCUT2D eigenvalue weighted by Gasteiger charge is -2.55. The topological polar surface area (TPSA) is 90.3 Å². The van der Waals surface area contributed by atoms with Crippen LogP contribution in [0.25, 0.3) is 0 Å². The fourth-order valence-corrected chi connectivity index (χ4v) is 3.32. The van der Waals surface area contributed by atoms with Gasteiger partial charge in [0.15, 0.2) is 0 Å². The number of carboxylic acids is 1. The molecular weight excluding hydrogens is 300 g/mol. The van der Waals surface area contributed by atoms with Crippen molar-refractivity contribution in [3.05, 3.63) is 0 Å². The van der Waals surface area contributed by atoms with Gasteiger partial charge in [-0.25, -0.2) is 4.79 Å². The lowest BCUT2D eigenvalue weighted by Crippen LogP contribution is -2.72. The number of hydrogen-bond acceptors (Lipinski definition) is 5. The molecule has 1 saturated carbocycles. The monoisotopic (exact) mass is 328 g/mol. The van der Waals surface area contributed by atoms with Gasteiger partial charge in [0.1, 0.15) is 5.60 Å². The Kier molecular flexibility index (Phi) is 4.92. The maximum Gasteiger partial charge on any atom is 0.410 e. The number of likely N-dealkylation sites (tertiary alicyclic amines) is 1. The third-order valence-corrected chi connectivity index (χ3v) is 4.65. The molecule has 1 heterocycles. The molecule has 0 spiro atoms. The van der Waals surface area contributed by atoms with Gasteiger partial charge in [-0.15, -0.1) is 0 Å². The number of aliphatic hydroxyl groups excluding tert-OH is 1. The number of carboxylic acid groups (broad SMARTS) is 1. The van der Waals surface area contributed by atoms with Gasteiger partial charge in [0.05, 0.1) is 18.1 Å². The lowest BCUT2D eigenvalue weighted by atomic mass is 9.79. The molecule has 7 nitrogen and oxygen atoms in total. The van der Waals surface area contributed by atoms with E-state index in [1.165, 1.54) is 0 Å².